The van der Waals surface area contributed by atoms with Crippen LogP contribution in [0.15, 0.2) is 48.5 Å². The Balaban J connectivity index is 1.58. The van der Waals surface area contributed by atoms with Crippen molar-refractivity contribution in [1.82, 2.24) is 5.32 Å². The molecular weight excluding hydrogens is 340 g/mol. The molecule has 0 bridgehead atoms. The van der Waals surface area contributed by atoms with E-state index in [4.69, 9.17) is 4.74 Å². The first-order valence-electron chi connectivity index (χ1n) is 9.31. The van der Waals surface area contributed by atoms with Crippen LogP contribution in [0, 0.1) is 6.92 Å². The third kappa shape index (κ3) is 4.74. The number of morpholine rings is 1. The second-order valence-corrected chi connectivity index (χ2v) is 7.26. The number of anilines is 1. The highest BCUT2D eigenvalue weighted by molar-refractivity contribution is 5.95. The standard InChI is InChI=1S/C22H26N2O3/c1-15(2)17-6-8-18(9-7-17)22(26)23-12-20-13-24(21(25)14-27-20)19-10-4-16(3)5-11-19/h4-11,15,20H,12-14H2,1-3H3,(H,23,26). The second-order valence-electron chi connectivity index (χ2n) is 7.26. The molecule has 0 saturated carbocycles. The van der Waals surface area contributed by atoms with Crippen LogP contribution >= 0.6 is 0 Å². The Labute approximate surface area is 160 Å². The van der Waals surface area contributed by atoms with Gasteiger partial charge < -0.3 is 15.0 Å². The van der Waals surface area contributed by atoms with Gasteiger partial charge in [-0.05, 0) is 42.7 Å². The van der Waals surface area contributed by atoms with E-state index in [0.717, 1.165) is 11.3 Å². The molecule has 5 nitrogen and oxygen atoms in total. The van der Waals surface area contributed by atoms with Crippen molar-refractivity contribution in [2.24, 2.45) is 0 Å². The van der Waals surface area contributed by atoms with E-state index in [-0.39, 0.29) is 24.5 Å². The highest BCUT2D eigenvalue weighted by atomic mass is 16.5. The summed E-state index contributed by atoms with van der Waals surface area (Å²) in [5.41, 5.74) is 3.83. The summed E-state index contributed by atoms with van der Waals surface area (Å²) in [5, 5.41) is 2.91. The lowest BCUT2D eigenvalue weighted by Crippen LogP contribution is -2.50. The summed E-state index contributed by atoms with van der Waals surface area (Å²) in [6.07, 6.45) is -0.233. The monoisotopic (exact) mass is 366 g/mol. The van der Waals surface area contributed by atoms with Crippen LogP contribution in [0.3, 0.4) is 0 Å². The summed E-state index contributed by atoms with van der Waals surface area (Å²) in [6, 6.07) is 15.5. The average molecular weight is 366 g/mol. The number of amides is 2. The first-order valence-corrected chi connectivity index (χ1v) is 9.31. The lowest BCUT2D eigenvalue weighted by atomic mass is 10.0. The number of carbonyl (C=O) groups excluding carboxylic acids is 2. The minimum atomic E-state index is -0.233. The molecule has 3 rings (SSSR count). The van der Waals surface area contributed by atoms with Crippen molar-refractivity contribution in [3.63, 3.8) is 0 Å². The summed E-state index contributed by atoms with van der Waals surface area (Å²) < 4.78 is 5.60. The Kier molecular flexibility index (Phi) is 5.91. The molecule has 1 unspecified atom stereocenters. The van der Waals surface area contributed by atoms with Crippen molar-refractivity contribution in [1.29, 1.82) is 0 Å². The molecule has 27 heavy (non-hydrogen) atoms. The maximum atomic E-state index is 12.4. The predicted octanol–water partition coefficient (Wildman–Crippen LogP) is 3.28. The zero-order chi connectivity index (χ0) is 19.4. The molecule has 2 aromatic carbocycles. The molecule has 1 atom stereocenters. The van der Waals surface area contributed by atoms with Gasteiger partial charge in [-0.25, -0.2) is 0 Å². The van der Waals surface area contributed by atoms with Crippen molar-refractivity contribution in [3.8, 4) is 0 Å². The van der Waals surface area contributed by atoms with E-state index in [2.05, 4.69) is 19.2 Å². The number of aryl methyl sites for hydroxylation is 1. The van der Waals surface area contributed by atoms with Crippen molar-refractivity contribution >= 4 is 17.5 Å². The minimum absolute atomic E-state index is 0.0253. The van der Waals surface area contributed by atoms with E-state index >= 15 is 0 Å². The van der Waals surface area contributed by atoms with Gasteiger partial charge in [-0.15, -0.1) is 0 Å². The van der Waals surface area contributed by atoms with E-state index in [0.29, 0.717) is 24.6 Å². The zero-order valence-corrected chi connectivity index (χ0v) is 16.1. The largest absolute Gasteiger partial charge is 0.365 e. The Hall–Kier alpha value is -2.66. The third-order valence-corrected chi connectivity index (χ3v) is 4.81. The molecule has 1 aliphatic heterocycles. The fourth-order valence-electron chi connectivity index (χ4n) is 3.05. The molecule has 142 valence electrons. The molecule has 5 heteroatoms. The summed E-state index contributed by atoms with van der Waals surface area (Å²) in [7, 11) is 0. The van der Waals surface area contributed by atoms with E-state index in [1.165, 1.54) is 5.56 Å². The Morgan fingerprint density at radius 1 is 1.15 bits per heavy atom. The van der Waals surface area contributed by atoms with E-state index in [1.54, 1.807) is 4.90 Å². The quantitative estimate of drug-likeness (QED) is 0.883. The van der Waals surface area contributed by atoms with Gasteiger partial charge in [0, 0.05) is 17.8 Å². The number of ether oxygens (including phenoxy) is 1. The van der Waals surface area contributed by atoms with Crippen molar-refractivity contribution in [2.45, 2.75) is 32.8 Å². The van der Waals surface area contributed by atoms with Gasteiger partial charge >= 0.3 is 0 Å². The van der Waals surface area contributed by atoms with Gasteiger partial charge in [-0.1, -0.05) is 43.7 Å². The van der Waals surface area contributed by atoms with E-state index in [9.17, 15) is 9.59 Å². The van der Waals surface area contributed by atoms with Crippen molar-refractivity contribution in [3.05, 3.63) is 65.2 Å². The molecule has 1 saturated heterocycles. The van der Waals surface area contributed by atoms with Crippen LogP contribution in [-0.4, -0.2) is 37.6 Å². The highest BCUT2D eigenvalue weighted by Gasteiger charge is 2.27. The first kappa shape index (κ1) is 19.1. The zero-order valence-electron chi connectivity index (χ0n) is 16.1. The molecule has 0 aliphatic carbocycles. The van der Waals surface area contributed by atoms with Crippen LogP contribution in [0.2, 0.25) is 0 Å². The number of nitrogens with zero attached hydrogens (tertiary/aromatic N) is 1. The van der Waals surface area contributed by atoms with Crippen LogP contribution in [0.4, 0.5) is 5.69 Å². The summed E-state index contributed by atoms with van der Waals surface area (Å²) in [6.45, 7) is 7.07. The Bertz CT molecular complexity index is 797. The smallest absolute Gasteiger partial charge is 0.253 e. The van der Waals surface area contributed by atoms with Gasteiger partial charge in [0.1, 0.15) is 6.61 Å². The molecule has 1 heterocycles. The molecule has 1 aliphatic rings. The lowest BCUT2D eigenvalue weighted by Gasteiger charge is -2.33. The van der Waals surface area contributed by atoms with Gasteiger partial charge in [0.2, 0.25) is 0 Å². The number of hydrogen-bond acceptors (Lipinski definition) is 3. The fraction of sp³-hybridized carbons (Fsp3) is 0.364. The summed E-state index contributed by atoms with van der Waals surface area (Å²) in [5.74, 6) is 0.237. The molecule has 2 aromatic rings. The molecule has 0 radical (unpaired) electrons. The first-order chi connectivity index (χ1) is 12.9. The second kappa shape index (κ2) is 8.35. The van der Waals surface area contributed by atoms with Gasteiger partial charge in [0.25, 0.3) is 11.8 Å². The van der Waals surface area contributed by atoms with Crippen molar-refractivity contribution < 1.29 is 14.3 Å². The lowest BCUT2D eigenvalue weighted by molar-refractivity contribution is -0.129. The molecular formula is C22H26N2O3. The molecule has 1 N–H and O–H groups in total. The number of hydrogen-bond donors (Lipinski definition) is 1. The van der Waals surface area contributed by atoms with Crippen molar-refractivity contribution in [2.75, 3.05) is 24.6 Å². The Morgan fingerprint density at radius 3 is 2.44 bits per heavy atom. The van der Waals surface area contributed by atoms with E-state index < -0.39 is 0 Å². The van der Waals surface area contributed by atoms with Crippen LogP contribution in [0.5, 0.6) is 0 Å². The molecule has 2 amide bonds. The molecule has 1 fully saturated rings. The van der Waals surface area contributed by atoms with Gasteiger partial charge in [0.15, 0.2) is 0 Å². The van der Waals surface area contributed by atoms with Gasteiger partial charge in [0.05, 0.1) is 12.6 Å². The van der Waals surface area contributed by atoms with E-state index in [1.807, 2.05) is 55.5 Å². The normalized spacial score (nSPS) is 17.3. The maximum Gasteiger partial charge on any atom is 0.253 e. The van der Waals surface area contributed by atoms with Crippen LogP contribution in [0.25, 0.3) is 0 Å². The topological polar surface area (TPSA) is 58.6 Å². The third-order valence-electron chi connectivity index (χ3n) is 4.81. The summed E-state index contributed by atoms with van der Waals surface area (Å²) in [4.78, 5) is 26.3. The number of rotatable bonds is 5. The SMILES string of the molecule is Cc1ccc(N2CC(CNC(=O)c3ccc(C(C)C)cc3)OCC2=O)cc1. The fourth-order valence-corrected chi connectivity index (χ4v) is 3.05. The molecule has 0 spiro atoms. The van der Waals surface area contributed by atoms with Crippen LogP contribution < -0.4 is 10.2 Å². The minimum Gasteiger partial charge on any atom is -0.365 e. The predicted molar refractivity (Wildman–Crippen MR) is 106 cm³/mol. The van der Waals surface area contributed by atoms with Gasteiger partial charge in [-0.2, -0.15) is 0 Å². The molecule has 0 aromatic heterocycles. The number of nitrogens with one attached hydrogen (secondary N) is 1. The number of benzene rings is 2. The maximum absolute atomic E-state index is 12.4. The van der Waals surface area contributed by atoms with Crippen LogP contribution in [-0.2, 0) is 9.53 Å². The van der Waals surface area contributed by atoms with Crippen LogP contribution in [0.1, 0.15) is 41.3 Å². The average Bonchev–Trinajstić information content (AvgIpc) is 2.68. The summed E-state index contributed by atoms with van der Waals surface area (Å²) >= 11 is 0. The number of carbonyl (C=O) groups is 2. The van der Waals surface area contributed by atoms with Gasteiger partial charge in [-0.3, -0.25) is 9.59 Å². The Morgan fingerprint density at radius 2 is 1.81 bits per heavy atom. The highest BCUT2D eigenvalue weighted by Crippen LogP contribution is 2.19.